The van der Waals surface area contributed by atoms with E-state index in [0.29, 0.717) is 12.6 Å². The van der Waals surface area contributed by atoms with Crippen LogP contribution in [0.1, 0.15) is 24.2 Å². The number of hydrogen-bond donors (Lipinski definition) is 1. The topological polar surface area (TPSA) is 45.6 Å². The van der Waals surface area contributed by atoms with Gasteiger partial charge in [-0.1, -0.05) is 18.2 Å². The number of likely N-dealkylation sites (tertiary alicyclic amines) is 1. The SMILES string of the molecule is CN(C)C1CCN(Cc2oc3ccccc3c2CN)CC1. The van der Waals surface area contributed by atoms with Crippen LogP contribution >= 0.6 is 0 Å². The maximum atomic E-state index is 6.04. The Balaban J connectivity index is 1.74. The van der Waals surface area contributed by atoms with E-state index in [4.69, 9.17) is 10.2 Å². The van der Waals surface area contributed by atoms with Crippen LogP contribution in [0.25, 0.3) is 11.0 Å². The number of nitrogens with two attached hydrogens (primary N) is 1. The van der Waals surface area contributed by atoms with Crippen molar-refractivity contribution in [3.63, 3.8) is 0 Å². The largest absolute Gasteiger partial charge is 0.459 e. The van der Waals surface area contributed by atoms with Crippen LogP contribution in [0.5, 0.6) is 0 Å². The molecule has 21 heavy (non-hydrogen) atoms. The fourth-order valence-corrected chi connectivity index (χ4v) is 3.30. The van der Waals surface area contributed by atoms with Gasteiger partial charge in [0.1, 0.15) is 11.3 Å². The van der Waals surface area contributed by atoms with Crippen LogP contribution in [0.4, 0.5) is 0 Å². The second kappa shape index (κ2) is 6.18. The van der Waals surface area contributed by atoms with Gasteiger partial charge in [0.25, 0.3) is 0 Å². The van der Waals surface area contributed by atoms with Crippen molar-refractivity contribution in [1.29, 1.82) is 0 Å². The summed E-state index contributed by atoms with van der Waals surface area (Å²) >= 11 is 0. The summed E-state index contributed by atoms with van der Waals surface area (Å²) in [6.45, 7) is 3.68. The molecule has 2 heterocycles. The van der Waals surface area contributed by atoms with Crippen molar-refractivity contribution in [2.45, 2.75) is 32.0 Å². The van der Waals surface area contributed by atoms with Crippen molar-refractivity contribution >= 4 is 11.0 Å². The fourth-order valence-electron chi connectivity index (χ4n) is 3.30. The summed E-state index contributed by atoms with van der Waals surface area (Å²) in [4.78, 5) is 4.82. The molecule has 3 rings (SSSR count). The molecule has 1 fully saturated rings. The van der Waals surface area contributed by atoms with Crippen molar-refractivity contribution < 1.29 is 4.42 Å². The number of para-hydroxylation sites is 1. The first-order valence-corrected chi connectivity index (χ1v) is 7.77. The summed E-state index contributed by atoms with van der Waals surface area (Å²) in [6.07, 6.45) is 2.45. The van der Waals surface area contributed by atoms with Crippen LogP contribution in [0.15, 0.2) is 28.7 Å². The molecule has 0 atom stereocenters. The molecule has 0 aliphatic carbocycles. The van der Waals surface area contributed by atoms with E-state index in [0.717, 1.165) is 36.4 Å². The monoisotopic (exact) mass is 287 g/mol. The van der Waals surface area contributed by atoms with Crippen molar-refractivity contribution in [2.24, 2.45) is 5.73 Å². The quantitative estimate of drug-likeness (QED) is 0.938. The second-order valence-corrected chi connectivity index (χ2v) is 6.18. The van der Waals surface area contributed by atoms with Gasteiger partial charge in [0.05, 0.1) is 6.54 Å². The number of rotatable bonds is 4. The molecule has 0 saturated carbocycles. The first-order valence-electron chi connectivity index (χ1n) is 7.77. The van der Waals surface area contributed by atoms with Crippen LogP contribution < -0.4 is 5.73 Å². The highest BCUT2D eigenvalue weighted by Gasteiger charge is 2.22. The third-order valence-corrected chi connectivity index (χ3v) is 4.64. The van der Waals surface area contributed by atoms with E-state index in [1.807, 2.05) is 18.2 Å². The van der Waals surface area contributed by atoms with Crippen LogP contribution in [0, 0.1) is 0 Å². The zero-order valence-corrected chi connectivity index (χ0v) is 13.0. The number of hydrogen-bond acceptors (Lipinski definition) is 4. The Kier molecular flexibility index (Phi) is 4.29. The molecular weight excluding hydrogens is 262 g/mol. The fraction of sp³-hybridized carbons (Fsp3) is 0.529. The Labute approximate surface area is 126 Å². The highest BCUT2D eigenvalue weighted by Crippen LogP contribution is 2.27. The predicted octanol–water partition coefficient (Wildman–Crippen LogP) is 2.42. The summed E-state index contributed by atoms with van der Waals surface area (Å²) in [6, 6.07) is 8.90. The normalized spacial score (nSPS) is 17.9. The minimum absolute atomic E-state index is 0.542. The van der Waals surface area contributed by atoms with Crippen molar-refractivity contribution in [1.82, 2.24) is 9.80 Å². The maximum absolute atomic E-state index is 6.04. The van der Waals surface area contributed by atoms with Crippen LogP contribution in [-0.4, -0.2) is 43.0 Å². The van der Waals surface area contributed by atoms with Gasteiger partial charge in [0.2, 0.25) is 0 Å². The number of furan rings is 1. The van der Waals surface area contributed by atoms with E-state index in [1.54, 1.807) is 0 Å². The molecule has 1 aromatic heterocycles. The van der Waals surface area contributed by atoms with E-state index in [1.165, 1.54) is 18.4 Å². The summed E-state index contributed by atoms with van der Waals surface area (Å²) in [5, 5.41) is 1.16. The van der Waals surface area contributed by atoms with Gasteiger partial charge in [0, 0.05) is 36.6 Å². The Morgan fingerprint density at radius 3 is 2.62 bits per heavy atom. The maximum Gasteiger partial charge on any atom is 0.134 e. The number of nitrogens with zero attached hydrogens (tertiary/aromatic N) is 2. The predicted molar refractivity (Wildman–Crippen MR) is 86.1 cm³/mol. The van der Waals surface area contributed by atoms with Gasteiger partial charge >= 0.3 is 0 Å². The lowest BCUT2D eigenvalue weighted by Crippen LogP contribution is -2.41. The first kappa shape index (κ1) is 14.6. The number of piperidine rings is 1. The molecule has 0 amide bonds. The highest BCUT2D eigenvalue weighted by atomic mass is 16.3. The summed E-state index contributed by atoms with van der Waals surface area (Å²) in [7, 11) is 4.35. The molecule has 0 radical (unpaired) electrons. The van der Waals surface area contributed by atoms with E-state index >= 15 is 0 Å². The Hall–Kier alpha value is -1.36. The molecule has 1 saturated heterocycles. The second-order valence-electron chi connectivity index (χ2n) is 6.18. The van der Waals surface area contributed by atoms with Crippen LogP contribution in [-0.2, 0) is 13.1 Å². The van der Waals surface area contributed by atoms with Crippen molar-refractivity contribution in [3.8, 4) is 0 Å². The molecule has 1 aromatic carbocycles. The minimum Gasteiger partial charge on any atom is -0.459 e. The summed E-state index contributed by atoms with van der Waals surface area (Å²) in [5.41, 5.74) is 8.06. The average Bonchev–Trinajstić information content (AvgIpc) is 2.84. The Morgan fingerprint density at radius 2 is 1.95 bits per heavy atom. The number of benzene rings is 1. The lowest BCUT2D eigenvalue weighted by Gasteiger charge is -2.34. The molecule has 114 valence electrons. The molecule has 1 aliphatic rings. The van der Waals surface area contributed by atoms with Gasteiger partial charge in [-0.15, -0.1) is 0 Å². The van der Waals surface area contributed by atoms with E-state index in [-0.39, 0.29) is 0 Å². The van der Waals surface area contributed by atoms with Crippen molar-refractivity contribution in [2.75, 3.05) is 27.2 Å². The number of fused-ring (bicyclic) bond motifs is 1. The zero-order valence-electron chi connectivity index (χ0n) is 13.0. The van der Waals surface area contributed by atoms with Gasteiger partial charge in [-0.25, -0.2) is 0 Å². The van der Waals surface area contributed by atoms with Crippen molar-refractivity contribution in [3.05, 3.63) is 35.6 Å². The molecule has 1 aliphatic heterocycles. The Morgan fingerprint density at radius 1 is 1.24 bits per heavy atom. The van der Waals surface area contributed by atoms with Crippen LogP contribution in [0.2, 0.25) is 0 Å². The highest BCUT2D eigenvalue weighted by molar-refractivity contribution is 5.82. The van der Waals surface area contributed by atoms with Gasteiger partial charge in [-0.2, -0.15) is 0 Å². The molecule has 2 aromatic rings. The van der Waals surface area contributed by atoms with Gasteiger partial charge < -0.3 is 15.1 Å². The molecule has 0 bridgehead atoms. The lowest BCUT2D eigenvalue weighted by molar-refractivity contribution is 0.133. The van der Waals surface area contributed by atoms with Gasteiger partial charge in [-0.3, -0.25) is 4.90 Å². The van der Waals surface area contributed by atoms with Gasteiger partial charge in [-0.05, 0) is 33.0 Å². The van der Waals surface area contributed by atoms with E-state index in [2.05, 4.69) is 30.0 Å². The zero-order chi connectivity index (χ0) is 14.8. The molecule has 2 N–H and O–H groups in total. The summed E-state index contributed by atoms with van der Waals surface area (Å²) in [5.74, 6) is 1.04. The summed E-state index contributed by atoms with van der Waals surface area (Å²) < 4.78 is 6.04. The third-order valence-electron chi connectivity index (χ3n) is 4.64. The smallest absolute Gasteiger partial charge is 0.134 e. The average molecular weight is 287 g/mol. The third kappa shape index (κ3) is 2.98. The minimum atomic E-state index is 0.542. The van der Waals surface area contributed by atoms with E-state index in [9.17, 15) is 0 Å². The molecule has 4 heteroatoms. The Bertz CT molecular complexity index is 597. The molecular formula is C17H25N3O. The molecule has 0 spiro atoms. The molecule has 4 nitrogen and oxygen atoms in total. The van der Waals surface area contributed by atoms with Gasteiger partial charge in [0.15, 0.2) is 0 Å². The van der Waals surface area contributed by atoms with Crippen LogP contribution in [0.3, 0.4) is 0 Å². The van der Waals surface area contributed by atoms with E-state index < -0.39 is 0 Å². The lowest BCUT2D eigenvalue weighted by atomic mass is 10.0. The first-order chi connectivity index (χ1) is 10.2. The molecule has 0 unspecified atom stereocenters. The standard InChI is InChI=1S/C17H25N3O/c1-19(2)13-7-9-20(10-8-13)12-17-15(11-18)14-5-3-4-6-16(14)21-17/h3-6,13H,7-12,18H2,1-2H3.